The van der Waals surface area contributed by atoms with Gasteiger partial charge in [-0.05, 0) is 5.51 Å². The monoisotopic (exact) mass is 232 g/mol. The Morgan fingerprint density at radius 1 is 1.80 bits per heavy atom. The van der Waals surface area contributed by atoms with Gasteiger partial charge in [-0.15, -0.1) is 5.38 Å². The maximum atomic E-state index is 9.99. The fourth-order valence-electron chi connectivity index (χ4n) is 0.282. The molecule has 3 nitrogen and oxygen atoms in total. The van der Waals surface area contributed by atoms with E-state index in [9.17, 15) is 4.79 Å². The van der Waals surface area contributed by atoms with Gasteiger partial charge in [-0.25, -0.2) is 0 Å². The first-order valence-corrected chi connectivity index (χ1v) is 2.73. The Hall–Kier alpha value is 0.204. The summed E-state index contributed by atoms with van der Waals surface area (Å²) >= 11 is 1.15. The van der Waals surface area contributed by atoms with Crippen LogP contribution in [-0.4, -0.2) is 16.1 Å². The van der Waals surface area contributed by atoms with E-state index in [0.29, 0.717) is 0 Å². The Morgan fingerprint density at radius 3 is 2.60 bits per heavy atom. The molecule has 0 saturated carbocycles. The van der Waals surface area contributed by atoms with Crippen LogP contribution in [0.4, 0.5) is 0 Å². The SMILES string of the molecule is O=C(O)c1cs[c-]n1.[CH3-].[Y]. The van der Waals surface area contributed by atoms with E-state index >= 15 is 0 Å². The molecule has 0 fully saturated rings. The molecule has 1 aromatic rings. The Morgan fingerprint density at radius 2 is 2.40 bits per heavy atom. The van der Waals surface area contributed by atoms with Crippen LogP contribution in [0.1, 0.15) is 10.5 Å². The van der Waals surface area contributed by atoms with Crippen molar-refractivity contribution >= 4 is 17.3 Å². The van der Waals surface area contributed by atoms with Gasteiger partial charge in [-0.1, -0.05) is 0 Å². The molecule has 0 aromatic carbocycles. The van der Waals surface area contributed by atoms with Gasteiger partial charge in [-0.2, -0.15) is 0 Å². The normalized spacial score (nSPS) is 7.20. The van der Waals surface area contributed by atoms with Crippen molar-refractivity contribution in [1.29, 1.82) is 0 Å². The average molecular weight is 232 g/mol. The first-order valence-electron chi connectivity index (χ1n) is 1.85. The molecule has 0 amide bonds. The fraction of sp³-hybridized carbons (Fsp3) is 0. The minimum atomic E-state index is -0.998. The molecule has 1 aromatic heterocycles. The Balaban J connectivity index is 0. The summed E-state index contributed by atoms with van der Waals surface area (Å²) in [5.74, 6) is -0.998. The van der Waals surface area contributed by atoms with Crippen LogP contribution in [0, 0.1) is 12.9 Å². The van der Waals surface area contributed by atoms with Crippen molar-refractivity contribution < 1.29 is 42.6 Å². The Labute approximate surface area is 88.4 Å². The summed E-state index contributed by atoms with van der Waals surface area (Å²) in [4.78, 5) is 13.4. The summed E-state index contributed by atoms with van der Waals surface area (Å²) < 4.78 is 0. The van der Waals surface area contributed by atoms with Crippen LogP contribution in [0.5, 0.6) is 0 Å². The molecule has 0 saturated heterocycles. The van der Waals surface area contributed by atoms with Crippen LogP contribution in [-0.2, 0) is 32.7 Å². The van der Waals surface area contributed by atoms with Gasteiger partial charge in [-0.3, -0.25) is 16.1 Å². The molecule has 10 heavy (non-hydrogen) atoms. The van der Waals surface area contributed by atoms with E-state index in [1.54, 1.807) is 0 Å². The van der Waals surface area contributed by atoms with E-state index in [1.165, 1.54) is 5.38 Å². The molecule has 5 heteroatoms. The van der Waals surface area contributed by atoms with Gasteiger partial charge >= 0.3 is 0 Å². The molecule has 1 heterocycles. The van der Waals surface area contributed by atoms with Crippen molar-refractivity contribution in [2.75, 3.05) is 0 Å². The molecule has 1 N–H and O–H groups in total. The largest absolute Gasteiger partial charge is 0.486 e. The minimum absolute atomic E-state index is 0. The van der Waals surface area contributed by atoms with Gasteiger partial charge < -0.3 is 17.5 Å². The standard InChI is InChI=1S/C4H2NO2S.CH3.Y/c6-4(7)3-1-8-2-5-3;;/h1H,(H,6,7);1H3;/q2*-1;. The van der Waals surface area contributed by atoms with Crippen LogP contribution < -0.4 is 0 Å². The first-order chi connectivity index (χ1) is 3.80. The van der Waals surface area contributed by atoms with Crippen molar-refractivity contribution in [3.8, 4) is 0 Å². The number of aromatic nitrogens is 1. The van der Waals surface area contributed by atoms with Crippen LogP contribution in [0.15, 0.2) is 5.38 Å². The predicted molar refractivity (Wildman–Crippen MR) is 34.3 cm³/mol. The number of hydrogen-bond donors (Lipinski definition) is 1. The molecule has 0 aliphatic carbocycles. The van der Waals surface area contributed by atoms with E-state index in [0.717, 1.165) is 11.3 Å². The maximum Gasteiger partial charge on any atom is 0.286 e. The van der Waals surface area contributed by atoms with E-state index < -0.39 is 5.97 Å². The summed E-state index contributed by atoms with van der Waals surface area (Å²) in [6.07, 6.45) is 0. The second kappa shape index (κ2) is 5.95. The molecular weight excluding hydrogens is 227 g/mol. The molecular formula is C5H5NO2SY-2. The number of carbonyl (C=O) groups is 1. The zero-order valence-corrected chi connectivity index (χ0v) is 9.02. The quantitative estimate of drug-likeness (QED) is 0.737. The fourth-order valence-corrected chi connectivity index (χ4v) is 0.751. The Bertz CT molecular complexity index is 188. The second-order valence-electron chi connectivity index (χ2n) is 1.13. The van der Waals surface area contributed by atoms with Gasteiger partial charge in [0.1, 0.15) is 0 Å². The van der Waals surface area contributed by atoms with Gasteiger partial charge in [0.25, 0.3) is 5.97 Å². The topological polar surface area (TPSA) is 50.2 Å². The third-order valence-electron chi connectivity index (χ3n) is 0.608. The molecule has 0 bridgehead atoms. The van der Waals surface area contributed by atoms with Gasteiger partial charge in [0.2, 0.25) is 0 Å². The second-order valence-corrected chi connectivity index (χ2v) is 1.78. The van der Waals surface area contributed by atoms with E-state index in [2.05, 4.69) is 10.5 Å². The first kappa shape index (κ1) is 12.8. The molecule has 0 aliphatic rings. The van der Waals surface area contributed by atoms with Gasteiger partial charge in [0.15, 0.2) is 0 Å². The van der Waals surface area contributed by atoms with Crippen LogP contribution >= 0.6 is 11.3 Å². The number of carboxylic acid groups (broad SMARTS) is 1. The van der Waals surface area contributed by atoms with Crippen molar-refractivity contribution in [2.45, 2.75) is 0 Å². The summed E-state index contributed by atoms with van der Waals surface area (Å²) in [6, 6.07) is 0. The zero-order chi connectivity index (χ0) is 5.98. The molecule has 0 aliphatic heterocycles. The minimum Gasteiger partial charge on any atom is -0.486 e. The maximum absolute atomic E-state index is 9.99. The summed E-state index contributed by atoms with van der Waals surface area (Å²) in [6.45, 7) is 0. The average Bonchev–Trinajstić information content (AvgIpc) is 2.12. The predicted octanol–water partition coefficient (Wildman–Crippen LogP) is 1.09. The number of aromatic carboxylic acids is 1. The van der Waals surface area contributed by atoms with E-state index in [1.807, 2.05) is 0 Å². The third-order valence-corrected chi connectivity index (χ3v) is 1.15. The molecule has 0 atom stereocenters. The van der Waals surface area contributed by atoms with E-state index in [-0.39, 0.29) is 45.8 Å². The number of rotatable bonds is 1. The van der Waals surface area contributed by atoms with Crippen LogP contribution in [0.2, 0.25) is 0 Å². The summed E-state index contributed by atoms with van der Waals surface area (Å²) in [5.41, 5.74) is 2.49. The molecule has 0 unspecified atom stereocenters. The van der Waals surface area contributed by atoms with Crippen molar-refractivity contribution in [3.05, 3.63) is 24.0 Å². The number of hydrogen-bond acceptors (Lipinski definition) is 3. The van der Waals surface area contributed by atoms with Crippen molar-refractivity contribution in [1.82, 2.24) is 4.98 Å². The van der Waals surface area contributed by atoms with Crippen LogP contribution in [0.25, 0.3) is 0 Å². The van der Waals surface area contributed by atoms with Gasteiger partial charge in [0.05, 0.1) is 0 Å². The number of nitrogens with zero attached hydrogens (tertiary/aromatic N) is 1. The molecule has 1 radical (unpaired) electrons. The zero-order valence-electron chi connectivity index (χ0n) is 5.37. The van der Waals surface area contributed by atoms with Crippen LogP contribution in [0.3, 0.4) is 0 Å². The summed E-state index contributed by atoms with van der Waals surface area (Å²) in [7, 11) is 0. The smallest absolute Gasteiger partial charge is 0.286 e. The number of carboxylic acids is 1. The molecule has 1 rings (SSSR count). The van der Waals surface area contributed by atoms with E-state index in [4.69, 9.17) is 5.11 Å². The Kier molecular flexibility index (Phi) is 7.64. The summed E-state index contributed by atoms with van der Waals surface area (Å²) in [5, 5.41) is 9.63. The van der Waals surface area contributed by atoms with Gasteiger partial charge in [0, 0.05) is 38.4 Å². The molecule has 53 valence electrons. The third kappa shape index (κ3) is 3.39. The molecule has 0 spiro atoms. The van der Waals surface area contributed by atoms with Crippen molar-refractivity contribution in [2.24, 2.45) is 0 Å². The van der Waals surface area contributed by atoms with Crippen molar-refractivity contribution in [3.63, 3.8) is 0 Å². The number of thiazole rings is 1.